The molecule has 15 heavy (non-hydrogen) atoms. The third kappa shape index (κ3) is 4.18. The molecule has 0 saturated carbocycles. The van der Waals surface area contributed by atoms with Crippen LogP contribution in [0.3, 0.4) is 0 Å². The molecule has 0 radical (unpaired) electrons. The van der Waals surface area contributed by atoms with Crippen molar-refractivity contribution >= 4 is 5.97 Å². The van der Waals surface area contributed by atoms with Gasteiger partial charge in [-0.3, -0.25) is 4.79 Å². The van der Waals surface area contributed by atoms with Crippen molar-refractivity contribution in [3.05, 3.63) is 0 Å². The highest BCUT2D eigenvalue weighted by atomic mass is 16.6. The van der Waals surface area contributed by atoms with E-state index >= 15 is 0 Å². The molecular formula is C11H21NO3. The Morgan fingerprint density at radius 1 is 1.53 bits per heavy atom. The van der Waals surface area contributed by atoms with Crippen LogP contribution in [0, 0.1) is 5.92 Å². The number of nitrogens with two attached hydrogens (primary N) is 1. The molecule has 0 amide bonds. The molecule has 2 N–H and O–H groups in total. The van der Waals surface area contributed by atoms with Gasteiger partial charge in [-0.2, -0.15) is 0 Å². The van der Waals surface area contributed by atoms with Crippen molar-refractivity contribution in [1.29, 1.82) is 0 Å². The number of esters is 1. The molecule has 0 bridgehead atoms. The maximum atomic E-state index is 11.4. The molecule has 0 aliphatic carbocycles. The minimum atomic E-state index is -0.520. The Morgan fingerprint density at radius 3 is 2.80 bits per heavy atom. The van der Waals surface area contributed by atoms with E-state index in [4.69, 9.17) is 15.2 Å². The van der Waals surface area contributed by atoms with Crippen molar-refractivity contribution in [2.24, 2.45) is 11.7 Å². The summed E-state index contributed by atoms with van der Waals surface area (Å²) in [7, 11) is 0. The van der Waals surface area contributed by atoms with Gasteiger partial charge in [-0.25, -0.2) is 0 Å². The van der Waals surface area contributed by atoms with Crippen LogP contribution < -0.4 is 5.73 Å². The fraction of sp³-hybridized carbons (Fsp3) is 0.909. The van der Waals surface area contributed by atoms with E-state index in [1.54, 1.807) is 0 Å². The number of carbonyl (C=O) groups is 1. The zero-order valence-corrected chi connectivity index (χ0v) is 9.57. The zero-order chi connectivity index (χ0) is 11.3. The normalized spacial score (nSPS) is 23.9. The lowest BCUT2D eigenvalue weighted by atomic mass is 10.1. The average Bonchev–Trinajstić information content (AvgIpc) is 2.26. The van der Waals surface area contributed by atoms with E-state index in [0.717, 1.165) is 25.9 Å². The monoisotopic (exact) mass is 215 g/mol. The maximum Gasteiger partial charge on any atom is 0.323 e. The summed E-state index contributed by atoms with van der Waals surface area (Å²) in [6.07, 6.45) is 3.31. The van der Waals surface area contributed by atoms with Gasteiger partial charge in [-0.1, -0.05) is 13.8 Å². The first kappa shape index (κ1) is 12.5. The largest absolute Gasteiger partial charge is 0.462 e. The first-order valence-electron chi connectivity index (χ1n) is 5.65. The molecular weight excluding hydrogens is 194 g/mol. The van der Waals surface area contributed by atoms with Gasteiger partial charge in [-0.15, -0.1) is 0 Å². The van der Waals surface area contributed by atoms with Crippen molar-refractivity contribution in [3.63, 3.8) is 0 Å². The predicted octanol–water partition coefficient (Wildman–Crippen LogP) is 1.08. The lowest BCUT2D eigenvalue weighted by molar-refractivity contribution is -0.151. The Labute approximate surface area is 91.1 Å². The Hall–Kier alpha value is -0.610. The summed E-state index contributed by atoms with van der Waals surface area (Å²) in [4.78, 5) is 11.4. The Bertz CT molecular complexity index is 200. The molecule has 1 saturated heterocycles. The van der Waals surface area contributed by atoms with Gasteiger partial charge in [0.25, 0.3) is 0 Å². The van der Waals surface area contributed by atoms with Crippen LogP contribution in [-0.4, -0.2) is 31.3 Å². The molecule has 1 fully saturated rings. The quantitative estimate of drug-likeness (QED) is 0.713. The second-order valence-corrected chi connectivity index (χ2v) is 4.39. The highest BCUT2D eigenvalue weighted by Gasteiger charge is 2.21. The molecule has 0 spiro atoms. The summed E-state index contributed by atoms with van der Waals surface area (Å²) >= 11 is 0. The third-order valence-electron chi connectivity index (χ3n) is 2.68. The molecule has 88 valence electrons. The molecule has 4 heteroatoms. The van der Waals surface area contributed by atoms with Crippen LogP contribution in [0.4, 0.5) is 0 Å². The second kappa shape index (κ2) is 6.08. The molecule has 1 rings (SSSR count). The fourth-order valence-corrected chi connectivity index (χ4v) is 1.48. The number of ether oxygens (including phenoxy) is 2. The van der Waals surface area contributed by atoms with E-state index in [2.05, 4.69) is 0 Å². The van der Waals surface area contributed by atoms with Crippen molar-refractivity contribution in [3.8, 4) is 0 Å². The lowest BCUT2D eigenvalue weighted by Gasteiger charge is -2.23. The van der Waals surface area contributed by atoms with Crippen LogP contribution >= 0.6 is 0 Å². The minimum absolute atomic E-state index is 0.0714. The summed E-state index contributed by atoms with van der Waals surface area (Å²) < 4.78 is 10.6. The number of hydrogen-bond donors (Lipinski definition) is 1. The van der Waals surface area contributed by atoms with Gasteiger partial charge in [0.2, 0.25) is 0 Å². The van der Waals surface area contributed by atoms with E-state index in [1.807, 2.05) is 13.8 Å². The maximum absolute atomic E-state index is 11.4. The van der Waals surface area contributed by atoms with E-state index in [-0.39, 0.29) is 18.0 Å². The summed E-state index contributed by atoms with van der Waals surface area (Å²) in [5.41, 5.74) is 5.66. The van der Waals surface area contributed by atoms with Crippen molar-refractivity contribution in [1.82, 2.24) is 0 Å². The first-order valence-corrected chi connectivity index (χ1v) is 5.65. The molecule has 1 aliphatic heterocycles. The van der Waals surface area contributed by atoms with E-state index in [9.17, 15) is 4.79 Å². The third-order valence-corrected chi connectivity index (χ3v) is 2.68. The number of rotatable bonds is 4. The summed E-state index contributed by atoms with van der Waals surface area (Å²) in [6.45, 7) is 4.93. The highest BCUT2D eigenvalue weighted by Crippen LogP contribution is 2.13. The predicted molar refractivity (Wildman–Crippen MR) is 57.4 cm³/mol. The fourth-order valence-electron chi connectivity index (χ4n) is 1.48. The van der Waals surface area contributed by atoms with Gasteiger partial charge < -0.3 is 15.2 Å². The van der Waals surface area contributed by atoms with Gasteiger partial charge in [0.15, 0.2) is 0 Å². The molecule has 0 aromatic carbocycles. The Kier molecular flexibility index (Phi) is 5.05. The van der Waals surface area contributed by atoms with Crippen LogP contribution in [0.15, 0.2) is 0 Å². The van der Waals surface area contributed by atoms with Crippen LogP contribution in [0.25, 0.3) is 0 Å². The highest BCUT2D eigenvalue weighted by molar-refractivity contribution is 5.75. The van der Waals surface area contributed by atoms with Gasteiger partial charge in [0.05, 0.1) is 6.10 Å². The summed E-state index contributed by atoms with van der Waals surface area (Å²) in [6, 6.07) is -0.520. The second-order valence-electron chi connectivity index (χ2n) is 4.39. The summed E-state index contributed by atoms with van der Waals surface area (Å²) in [5, 5.41) is 0. The standard InChI is InChI=1S/C11H21NO3/c1-8(2)10(12)11(13)15-7-9-5-3-4-6-14-9/h8-10H,3-7,12H2,1-2H3. The summed E-state index contributed by atoms with van der Waals surface area (Å²) in [5.74, 6) is -0.205. The topological polar surface area (TPSA) is 61.6 Å². The van der Waals surface area contributed by atoms with Gasteiger partial charge in [0, 0.05) is 6.61 Å². The number of hydrogen-bond acceptors (Lipinski definition) is 4. The zero-order valence-electron chi connectivity index (χ0n) is 9.57. The van der Waals surface area contributed by atoms with E-state index < -0.39 is 6.04 Å². The van der Waals surface area contributed by atoms with Gasteiger partial charge in [0.1, 0.15) is 12.6 Å². The van der Waals surface area contributed by atoms with Crippen molar-refractivity contribution < 1.29 is 14.3 Å². The molecule has 4 nitrogen and oxygen atoms in total. The lowest BCUT2D eigenvalue weighted by Crippen LogP contribution is -2.38. The smallest absolute Gasteiger partial charge is 0.323 e. The Balaban J connectivity index is 2.20. The molecule has 1 aliphatic rings. The van der Waals surface area contributed by atoms with Gasteiger partial charge >= 0.3 is 5.97 Å². The number of carbonyl (C=O) groups excluding carboxylic acids is 1. The molecule has 0 aromatic rings. The molecule has 2 atom stereocenters. The van der Waals surface area contributed by atoms with E-state index in [1.165, 1.54) is 0 Å². The van der Waals surface area contributed by atoms with Crippen LogP contribution in [0.5, 0.6) is 0 Å². The Morgan fingerprint density at radius 2 is 2.27 bits per heavy atom. The molecule has 1 heterocycles. The minimum Gasteiger partial charge on any atom is -0.462 e. The van der Waals surface area contributed by atoms with Crippen molar-refractivity contribution in [2.45, 2.75) is 45.3 Å². The van der Waals surface area contributed by atoms with Crippen LogP contribution in [0.2, 0.25) is 0 Å². The van der Waals surface area contributed by atoms with Crippen molar-refractivity contribution in [2.75, 3.05) is 13.2 Å². The van der Waals surface area contributed by atoms with Crippen LogP contribution in [-0.2, 0) is 14.3 Å². The van der Waals surface area contributed by atoms with Gasteiger partial charge in [-0.05, 0) is 25.2 Å². The first-order chi connectivity index (χ1) is 7.11. The SMILES string of the molecule is CC(C)C(N)C(=O)OCC1CCCCO1. The average molecular weight is 215 g/mol. The van der Waals surface area contributed by atoms with E-state index in [0.29, 0.717) is 6.61 Å². The molecule has 2 unspecified atom stereocenters. The van der Waals surface area contributed by atoms with Crippen LogP contribution in [0.1, 0.15) is 33.1 Å². The molecule has 0 aromatic heterocycles.